The predicted molar refractivity (Wildman–Crippen MR) is 59.3 cm³/mol. The van der Waals surface area contributed by atoms with Gasteiger partial charge in [0.05, 0.1) is 5.75 Å². The van der Waals surface area contributed by atoms with Gasteiger partial charge in [-0.2, -0.15) is 8.42 Å². The van der Waals surface area contributed by atoms with Crippen LogP contribution < -0.4 is 5.73 Å². The fourth-order valence-electron chi connectivity index (χ4n) is 1.56. The molecule has 3 N–H and O–H groups in total. The van der Waals surface area contributed by atoms with Crippen LogP contribution in [0.15, 0.2) is 18.2 Å². The first kappa shape index (κ1) is 12.2. The van der Waals surface area contributed by atoms with Crippen molar-refractivity contribution < 1.29 is 13.0 Å². The molecule has 0 aliphatic rings. The molecule has 0 saturated heterocycles. The largest absolute Gasteiger partial charge is 0.323 e. The zero-order valence-corrected chi connectivity index (χ0v) is 9.58. The molecule has 0 heterocycles. The summed E-state index contributed by atoms with van der Waals surface area (Å²) in [7, 11) is -4.02. The standard InChI is InChI=1S/C10H15NO3S/c1-7-3-4-9(8(2)5-7)10(11)6-15(12,13)14/h3-5,10H,6,11H2,1-2H3,(H,12,13,14). The lowest BCUT2D eigenvalue weighted by molar-refractivity contribution is 0.477. The lowest BCUT2D eigenvalue weighted by Gasteiger charge is -2.13. The molecule has 0 aliphatic heterocycles. The van der Waals surface area contributed by atoms with E-state index < -0.39 is 21.9 Å². The van der Waals surface area contributed by atoms with Gasteiger partial charge in [0.15, 0.2) is 0 Å². The summed E-state index contributed by atoms with van der Waals surface area (Å²) in [6, 6.07) is 4.91. The summed E-state index contributed by atoms with van der Waals surface area (Å²) < 4.78 is 30.0. The predicted octanol–water partition coefficient (Wildman–Crippen LogP) is 1.19. The Morgan fingerprint density at radius 2 is 2.00 bits per heavy atom. The highest BCUT2D eigenvalue weighted by molar-refractivity contribution is 7.85. The molecule has 0 aromatic heterocycles. The Hall–Kier alpha value is -0.910. The van der Waals surface area contributed by atoms with Crippen molar-refractivity contribution in [2.75, 3.05) is 5.75 Å². The van der Waals surface area contributed by atoms with E-state index in [-0.39, 0.29) is 0 Å². The summed E-state index contributed by atoms with van der Waals surface area (Å²) in [5.41, 5.74) is 8.47. The lowest BCUT2D eigenvalue weighted by atomic mass is 10.0. The third kappa shape index (κ3) is 3.62. The van der Waals surface area contributed by atoms with Crippen LogP contribution in [0.3, 0.4) is 0 Å². The number of hydrogen-bond donors (Lipinski definition) is 2. The molecule has 1 atom stereocenters. The summed E-state index contributed by atoms with van der Waals surface area (Å²) >= 11 is 0. The van der Waals surface area contributed by atoms with E-state index in [1.54, 1.807) is 6.07 Å². The van der Waals surface area contributed by atoms with E-state index in [4.69, 9.17) is 10.3 Å². The third-order valence-corrected chi connectivity index (χ3v) is 3.00. The van der Waals surface area contributed by atoms with Gasteiger partial charge in [0.2, 0.25) is 0 Å². The van der Waals surface area contributed by atoms with Crippen molar-refractivity contribution in [3.63, 3.8) is 0 Å². The van der Waals surface area contributed by atoms with Crippen LogP contribution >= 0.6 is 0 Å². The average Bonchev–Trinajstić information content (AvgIpc) is 1.99. The highest BCUT2D eigenvalue weighted by atomic mass is 32.2. The van der Waals surface area contributed by atoms with Crippen LogP contribution in [0, 0.1) is 13.8 Å². The smallest absolute Gasteiger partial charge is 0.266 e. The lowest BCUT2D eigenvalue weighted by Crippen LogP contribution is -2.21. The molecule has 84 valence electrons. The molecule has 1 rings (SSSR count). The van der Waals surface area contributed by atoms with Crippen molar-refractivity contribution >= 4 is 10.1 Å². The summed E-state index contributed by atoms with van der Waals surface area (Å²) in [6.07, 6.45) is 0. The molecule has 1 aromatic rings. The molecular weight excluding hydrogens is 214 g/mol. The summed E-state index contributed by atoms with van der Waals surface area (Å²) in [4.78, 5) is 0. The second-order valence-corrected chi connectivity index (χ2v) is 5.21. The van der Waals surface area contributed by atoms with Gasteiger partial charge in [-0.3, -0.25) is 4.55 Å². The van der Waals surface area contributed by atoms with Crippen LogP contribution in [0.4, 0.5) is 0 Å². The van der Waals surface area contributed by atoms with Gasteiger partial charge < -0.3 is 5.73 Å². The highest BCUT2D eigenvalue weighted by Crippen LogP contribution is 2.18. The Bertz CT molecular complexity index is 454. The zero-order chi connectivity index (χ0) is 11.6. The van der Waals surface area contributed by atoms with E-state index >= 15 is 0 Å². The third-order valence-electron chi connectivity index (χ3n) is 2.21. The molecular formula is C10H15NO3S. The van der Waals surface area contributed by atoms with E-state index in [0.717, 1.165) is 16.7 Å². The van der Waals surface area contributed by atoms with Crippen LogP contribution in [-0.4, -0.2) is 18.7 Å². The molecule has 0 amide bonds. The molecule has 0 bridgehead atoms. The Labute approximate surface area is 89.9 Å². The van der Waals surface area contributed by atoms with Crippen molar-refractivity contribution in [2.45, 2.75) is 19.9 Å². The van der Waals surface area contributed by atoms with Gasteiger partial charge in [-0.05, 0) is 25.0 Å². The molecule has 15 heavy (non-hydrogen) atoms. The number of benzene rings is 1. The van der Waals surface area contributed by atoms with Crippen molar-refractivity contribution in [1.29, 1.82) is 0 Å². The van der Waals surface area contributed by atoms with Gasteiger partial charge >= 0.3 is 0 Å². The van der Waals surface area contributed by atoms with Gasteiger partial charge in [0.25, 0.3) is 10.1 Å². The Morgan fingerprint density at radius 3 is 2.47 bits per heavy atom. The normalized spacial score (nSPS) is 13.9. The van der Waals surface area contributed by atoms with Gasteiger partial charge in [0, 0.05) is 6.04 Å². The molecule has 1 unspecified atom stereocenters. The highest BCUT2D eigenvalue weighted by Gasteiger charge is 2.16. The monoisotopic (exact) mass is 229 g/mol. The second kappa shape index (κ2) is 4.30. The molecule has 0 aliphatic carbocycles. The van der Waals surface area contributed by atoms with Crippen LogP contribution in [-0.2, 0) is 10.1 Å². The van der Waals surface area contributed by atoms with Crippen molar-refractivity contribution in [1.82, 2.24) is 0 Å². The van der Waals surface area contributed by atoms with Gasteiger partial charge in [-0.1, -0.05) is 23.8 Å². The van der Waals surface area contributed by atoms with E-state index in [9.17, 15) is 8.42 Å². The SMILES string of the molecule is Cc1ccc(C(N)CS(=O)(=O)O)c(C)c1. The summed E-state index contributed by atoms with van der Waals surface area (Å²) in [6.45, 7) is 3.82. The Morgan fingerprint density at radius 1 is 1.40 bits per heavy atom. The Kier molecular flexibility index (Phi) is 3.49. The maximum absolute atomic E-state index is 10.7. The van der Waals surface area contributed by atoms with Crippen LogP contribution in [0.1, 0.15) is 22.7 Å². The maximum Gasteiger partial charge on any atom is 0.266 e. The van der Waals surface area contributed by atoms with Gasteiger partial charge in [-0.15, -0.1) is 0 Å². The first-order chi connectivity index (χ1) is 6.79. The molecule has 0 saturated carbocycles. The number of aryl methyl sites for hydroxylation is 2. The minimum absolute atomic E-state index is 0.448. The zero-order valence-electron chi connectivity index (χ0n) is 8.77. The van der Waals surface area contributed by atoms with Crippen molar-refractivity contribution in [3.8, 4) is 0 Å². The number of nitrogens with two attached hydrogens (primary N) is 1. The first-order valence-corrected chi connectivity index (χ1v) is 6.18. The van der Waals surface area contributed by atoms with Gasteiger partial charge in [-0.25, -0.2) is 0 Å². The second-order valence-electron chi connectivity index (χ2n) is 3.72. The molecule has 4 nitrogen and oxygen atoms in total. The Balaban J connectivity index is 2.97. The minimum atomic E-state index is -4.02. The van der Waals surface area contributed by atoms with Crippen LogP contribution in [0.5, 0.6) is 0 Å². The molecule has 0 spiro atoms. The van der Waals surface area contributed by atoms with E-state index in [1.165, 1.54) is 0 Å². The van der Waals surface area contributed by atoms with Crippen molar-refractivity contribution in [3.05, 3.63) is 34.9 Å². The first-order valence-electron chi connectivity index (χ1n) is 4.57. The van der Waals surface area contributed by atoms with E-state index in [2.05, 4.69) is 0 Å². The fraction of sp³-hybridized carbons (Fsp3) is 0.400. The topological polar surface area (TPSA) is 80.4 Å². The quantitative estimate of drug-likeness (QED) is 0.763. The van der Waals surface area contributed by atoms with E-state index in [1.807, 2.05) is 26.0 Å². The van der Waals surface area contributed by atoms with Gasteiger partial charge in [0.1, 0.15) is 0 Å². The number of rotatable bonds is 3. The average molecular weight is 229 g/mol. The molecule has 5 heteroatoms. The van der Waals surface area contributed by atoms with Crippen LogP contribution in [0.25, 0.3) is 0 Å². The maximum atomic E-state index is 10.7. The molecule has 0 radical (unpaired) electrons. The molecule has 1 aromatic carbocycles. The van der Waals surface area contributed by atoms with E-state index in [0.29, 0.717) is 0 Å². The number of hydrogen-bond acceptors (Lipinski definition) is 3. The fourth-order valence-corrected chi connectivity index (χ4v) is 2.19. The molecule has 0 fully saturated rings. The van der Waals surface area contributed by atoms with Crippen molar-refractivity contribution in [2.24, 2.45) is 5.73 Å². The minimum Gasteiger partial charge on any atom is -0.323 e. The summed E-state index contributed by atoms with van der Waals surface area (Å²) in [5.74, 6) is -0.448. The van der Waals surface area contributed by atoms with Crippen LogP contribution in [0.2, 0.25) is 0 Å². The summed E-state index contributed by atoms with van der Waals surface area (Å²) in [5, 5.41) is 0.